The molecule has 2 aromatic rings. The second kappa shape index (κ2) is 9.43. The second-order valence-corrected chi connectivity index (χ2v) is 7.35. The van der Waals surface area contributed by atoms with Crippen molar-refractivity contribution in [1.82, 2.24) is 10.2 Å². The van der Waals surface area contributed by atoms with Crippen LogP contribution in [0.4, 0.5) is 0 Å². The molecule has 26 heavy (non-hydrogen) atoms. The lowest BCUT2D eigenvalue weighted by Gasteiger charge is -2.23. The molecule has 0 aliphatic rings. The Morgan fingerprint density at radius 1 is 1.08 bits per heavy atom. The van der Waals surface area contributed by atoms with Crippen LogP contribution in [0.15, 0.2) is 53.4 Å². The monoisotopic (exact) mass is 370 g/mol. The van der Waals surface area contributed by atoms with Crippen LogP contribution in [0, 0.1) is 6.92 Å². The van der Waals surface area contributed by atoms with Crippen LogP contribution in [0.1, 0.15) is 36.1 Å². The summed E-state index contributed by atoms with van der Waals surface area (Å²) in [5.41, 5.74) is 3.18. The maximum absolute atomic E-state index is 12.7. The number of carbonyl (C=O) groups is 2. The van der Waals surface area contributed by atoms with Gasteiger partial charge < -0.3 is 10.2 Å². The maximum atomic E-state index is 12.7. The summed E-state index contributed by atoms with van der Waals surface area (Å²) in [6, 6.07) is 15.8. The third-order valence-electron chi connectivity index (χ3n) is 4.24. The summed E-state index contributed by atoms with van der Waals surface area (Å²) >= 11 is 1.69. The Morgan fingerprint density at radius 2 is 1.69 bits per heavy atom. The van der Waals surface area contributed by atoms with Crippen molar-refractivity contribution in [3.8, 4) is 0 Å². The molecule has 4 nitrogen and oxygen atoms in total. The number of carbonyl (C=O) groups excluding carboxylic acids is 2. The van der Waals surface area contributed by atoms with E-state index in [1.807, 2.05) is 49.6 Å². The van der Waals surface area contributed by atoms with Crippen LogP contribution in [0.25, 0.3) is 0 Å². The van der Waals surface area contributed by atoms with Gasteiger partial charge in [0.15, 0.2) is 0 Å². The van der Waals surface area contributed by atoms with E-state index in [-0.39, 0.29) is 24.3 Å². The average Bonchev–Trinajstić information content (AvgIpc) is 2.62. The third kappa shape index (κ3) is 5.92. The van der Waals surface area contributed by atoms with Crippen LogP contribution in [-0.4, -0.2) is 30.0 Å². The van der Waals surface area contributed by atoms with Gasteiger partial charge in [0.25, 0.3) is 0 Å². The fraction of sp³-hybridized carbons (Fsp3) is 0.333. The molecule has 0 bridgehead atoms. The van der Waals surface area contributed by atoms with E-state index in [1.54, 1.807) is 23.7 Å². The van der Waals surface area contributed by atoms with Crippen molar-refractivity contribution < 1.29 is 9.59 Å². The molecular formula is C21H26N2O2S. The number of rotatable bonds is 7. The number of hydrogen-bond donors (Lipinski definition) is 1. The lowest BCUT2D eigenvalue weighted by atomic mass is 10.0. The van der Waals surface area contributed by atoms with E-state index in [0.29, 0.717) is 6.54 Å². The van der Waals surface area contributed by atoms with Crippen molar-refractivity contribution in [3.63, 3.8) is 0 Å². The summed E-state index contributed by atoms with van der Waals surface area (Å²) in [6.07, 6.45) is 2.28. The zero-order valence-electron chi connectivity index (χ0n) is 15.8. The number of thioether (sulfide) groups is 1. The molecule has 138 valence electrons. The third-order valence-corrected chi connectivity index (χ3v) is 4.98. The Morgan fingerprint density at radius 3 is 2.23 bits per heavy atom. The first-order valence-electron chi connectivity index (χ1n) is 8.59. The van der Waals surface area contributed by atoms with Crippen LogP contribution in [0.3, 0.4) is 0 Å². The van der Waals surface area contributed by atoms with Gasteiger partial charge in [0.1, 0.15) is 0 Å². The minimum Gasteiger partial charge on any atom is -0.349 e. The Kier molecular flexibility index (Phi) is 7.27. The molecule has 2 amide bonds. The van der Waals surface area contributed by atoms with Gasteiger partial charge in [-0.2, -0.15) is 0 Å². The zero-order valence-corrected chi connectivity index (χ0v) is 16.6. The summed E-state index contributed by atoms with van der Waals surface area (Å²) in [4.78, 5) is 27.1. The zero-order chi connectivity index (χ0) is 19.1. The Labute approximate surface area is 160 Å². The van der Waals surface area contributed by atoms with Crippen molar-refractivity contribution in [2.24, 2.45) is 0 Å². The van der Waals surface area contributed by atoms with Gasteiger partial charge in [0.2, 0.25) is 11.8 Å². The average molecular weight is 371 g/mol. The van der Waals surface area contributed by atoms with E-state index in [9.17, 15) is 9.59 Å². The van der Waals surface area contributed by atoms with Crippen LogP contribution >= 0.6 is 11.8 Å². The van der Waals surface area contributed by atoms with Crippen molar-refractivity contribution >= 4 is 23.6 Å². The molecule has 5 heteroatoms. The standard InChI is InChI=1S/C21H26N2O2S/c1-15-5-9-18(10-6-15)20(22-16(2)24)13-21(25)23(3)14-17-7-11-19(26-4)12-8-17/h5-12,20H,13-14H2,1-4H3,(H,22,24). The van der Waals surface area contributed by atoms with Crippen LogP contribution in [0.5, 0.6) is 0 Å². The van der Waals surface area contributed by atoms with Gasteiger partial charge in [-0.15, -0.1) is 11.8 Å². The SMILES string of the molecule is CSc1ccc(CN(C)C(=O)CC(NC(C)=O)c2ccc(C)cc2)cc1. The number of benzene rings is 2. The summed E-state index contributed by atoms with van der Waals surface area (Å²) in [5.74, 6) is -0.142. The Bertz CT molecular complexity index is 742. The molecule has 0 saturated carbocycles. The topological polar surface area (TPSA) is 49.4 Å². The maximum Gasteiger partial charge on any atom is 0.225 e. The minimum atomic E-state index is -0.318. The van der Waals surface area contributed by atoms with Gasteiger partial charge in [-0.1, -0.05) is 42.0 Å². The molecular weight excluding hydrogens is 344 g/mol. The molecule has 0 radical (unpaired) electrons. The molecule has 0 aromatic heterocycles. The highest BCUT2D eigenvalue weighted by molar-refractivity contribution is 7.98. The van der Waals surface area contributed by atoms with E-state index in [0.717, 1.165) is 16.7 Å². The predicted molar refractivity (Wildman–Crippen MR) is 107 cm³/mol. The molecule has 0 heterocycles. The van der Waals surface area contributed by atoms with E-state index >= 15 is 0 Å². The highest BCUT2D eigenvalue weighted by Crippen LogP contribution is 2.20. The van der Waals surface area contributed by atoms with Crippen LogP contribution < -0.4 is 5.32 Å². The number of hydrogen-bond acceptors (Lipinski definition) is 3. The molecule has 2 rings (SSSR count). The number of aryl methyl sites for hydroxylation is 1. The number of amides is 2. The van der Waals surface area contributed by atoms with Crippen molar-refractivity contribution in [3.05, 3.63) is 65.2 Å². The Balaban J connectivity index is 2.04. The molecule has 0 fully saturated rings. The summed E-state index contributed by atoms with van der Waals surface area (Å²) in [5, 5.41) is 2.89. The lowest BCUT2D eigenvalue weighted by molar-refractivity contribution is -0.131. The van der Waals surface area contributed by atoms with Crippen molar-refractivity contribution in [2.75, 3.05) is 13.3 Å². The number of nitrogens with zero attached hydrogens (tertiary/aromatic N) is 1. The normalized spacial score (nSPS) is 11.7. The van der Waals surface area contributed by atoms with Crippen LogP contribution in [-0.2, 0) is 16.1 Å². The smallest absolute Gasteiger partial charge is 0.225 e. The van der Waals surface area contributed by atoms with Gasteiger partial charge in [-0.25, -0.2) is 0 Å². The van der Waals surface area contributed by atoms with E-state index in [1.165, 1.54) is 11.8 Å². The van der Waals surface area contributed by atoms with Crippen LogP contribution in [0.2, 0.25) is 0 Å². The first kappa shape index (κ1) is 20.0. The molecule has 1 N–H and O–H groups in total. The molecule has 0 aliphatic heterocycles. The van der Waals surface area contributed by atoms with E-state index in [2.05, 4.69) is 17.4 Å². The molecule has 0 spiro atoms. The van der Waals surface area contributed by atoms with Gasteiger partial charge in [0.05, 0.1) is 12.5 Å². The highest BCUT2D eigenvalue weighted by atomic mass is 32.2. The van der Waals surface area contributed by atoms with Crippen molar-refractivity contribution in [2.45, 2.75) is 37.8 Å². The van der Waals surface area contributed by atoms with E-state index < -0.39 is 0 Å². The van der Waals surface area contributed by atoms with E-state index in [4.69, 9.17) is 0 Å². The predicted octanol–water partition coefficient (Wildman–Crippen LogP) is 3.94. The molecule has 1 atom stereocenters. The van der Waals surface area contributed by atoms with Gasteiger partial charge >= 0.3 is 0 Å². The highest BCUT2D eigenvalue weighted by Gasteiger charge is 2.19. The summed E-state index contributed by atoms with van der Waals surface area (Å²) < 4.78 is 0. The fourth-order valence-electron chi connectivity index (χ4n) is 2.72. The first-order chi connectivity index (χ1) is 12.4. The van der Waals surface area contributed by atoms with Crippen molar-refractivity contribution in [1.29, 1.82) is 0 Å². The quantitative estimate of drug-likeness (QED) is 0.751. The largest absolute Gasteiger partial charge is 0.349 e. The van der Waals surface area contributed by atoms with Gasteiger partial charge in [0, 0.05) is 25.4 Å². The summed E-state index contributed by atoms with van der Waals surface area (Å²) in [7, 11) is 1.80. The van der Waals surface area contributed by atoms with Gasteiger partial charge in [-0.3, -0.25) is 9.59 Å². The minimum absolute atomic E-state index is 0.00160. The lowest BCUT2D eigenvalue weighted by Crippen LogP contribution is -2.33. The molecule has 0 saturated heterocycles. The molecule has 1 unspecified atom stereocenters. The van der Waals surface area contributed by atoms with Gasteiger partial charge in [-0.05, 0) is 36.4 Å². The molecule has 2 aromatic carbocycles. The fourth-order valence-corrected chi connectivity index (χ4v) is 3.13. The second-order valence-electron chi connectivity index (χ2n) is 6.47. The number of nitrogens with one attached hydrogen (secondary N) is 1. The first-order valence-corrected chi connectivity index (χ1v) is 9.82. The molecule has 0 aliphatic carbocycles. The Hall–Kier alpha value is -2.27. The summed E-state index contributed by atoms with van der Waals surface area (Å²) in [6.45, 7) is 4.04.